The molecule has 0 atom stereocenters. The number of amides is 2. The molecule has 96 valence electrons. The zero-order chi connectivity index (χ0) is 12.8. The first-order valence-electron chi connectivity index (χ1n) is 5.03. The standard InChI is InChI=1S/C8H18N4O2.H4N2/c9-11-7(13)5-3-1-2-4-6-8(14)12-10;1-2/h1-6,9-10H2,(H,11,13)(H,12,14);1-2H2. The van der Waals surface area contributed by atoms with Crippen LogP contribution < -0.4 is 34.2 Å². The lowest BCUT2D eigenvalue weighted by atomic mass is 10.1. The van der Waals surface area contributed by atoms with Crippen molar-refractivity contribution in [2.75, 3.05) is 0 Å². The number of nitrogens with one attached hydrogen (secondary N) is 2. The molecule has 0 saturated carbocycles. The topological polar surface area (TPSA) is 162 Å². The number of hydrazine groups is 3. The summed E-state index contributed by atoms with van der Waals surface area (Å²) in [6.07, 6.45) is 4.33. The van der Waals surface area contributed by atoms with Gasteiger partial charge < -0.3 is 0 Å². The molecular weight excluding hydrogens is 212 g/mol. The van der Waals surface area contributed by atoms with Crippen LogP contribution in [0.15, 0.2) is 0 Å². The molecule has 8 heteroatoms. The van der Waals surface area contributed by atoms with E-state index in [1.165, 1.54) is 0 Å². The molecule has 0 aliphatic carbocycles. The van der Waals surface area contributed by atoms with Crippen LogP contribution in [-0.4, -0.2) is 11.8 Å². The Morgan fingerprint density at radius 2 is 1.06 bits per heavy atom. The highest BCUT2D eigenvalue weighted by atomic mass is 16.2. The maximum absolute atomic E-state index is 10.7. The third-order valence-electron chi connectivity index (χ3n) is 1.88. The van der Waals surface area contributed by atoms with Crippen molar-refractivity contribution in [2.24, 2.45) is 23.4 Å². The molecule has 0 aromatic carbocycles. The molecule has 0 saturated heterocycles. The van der Waals surface area contributed by atoms with E-state index in [0.29, 0.717) is 12.8 Å². The third-order valence-corrected chi connectivity index (χ3v) is 1.88. The highest BCUT2D eigenvalue weighted by Gasteiger charge is 1.99. The van der Waals surface area contributed by atoms with Crippen LogP contribution in [0.2, 0.25) is 0 Å². The highest BCUT2D eigenvalue weighted by molar-refractivity contribution is 5.75. The van der Waals surface area contributed by atoms with Crippen LogP contribution in [0.4, 0.5) is 0 Å². The summed E-state index contributed by atoms with van der Waals surface area (Å²) in [4.78, 5) is 21.4. The van der Waals surface area contributed by atoms with Crippen LogP contribution in [0.1, 0.15) is 38.5 Å². The summed E-state index contributed by atoms with van der Waals surface area (Å²) in [6.45, 7) is 0. The van der Waals surface area contributed by atoms with Gasteiger partial charge in [-0.05, 0) is 12.8 Å². The van der Waals surface area contributed by atoms with E-state index in [1.807, 2.05) is 0 Å². The Bertz CT molecular complexity index is 167. The smallest absolute Gasteiger partial charge is 0.233 e. The average Bonchev–Trinajstić information content (AvgIpc) is 2.35. The first-order valence-corrected chi connectivity index (χ1v) is 5.03. The van der Waals surface area contributed by atoms with Crippen LogP contribution in [0.3, 0.4) is 0 Å². The predicted molar refractivity (Wildman–Crippen MR) is 60.7 cm³/mol. The van der Waals surface area contributed by atoms with Gasteiger partial charge in [-0.25, -0.2) is 11.7 Å². The maximum Gasteiger partial charge on any atom is 0.233 e. The second-order valence-corrected chi connectivity index (χ2v) is 3.05. The van der Waals surface area contributed by atoms with Gasteiger partial charge in [0.2, 0.25) is 11.8 Å². The van der Waals surface area contributed by atoms with Crippen LogP contribution in [0, 0.1) is 0 Å². The summed E-state index contributed by atoms with van der Waals surface area (Å²) < 4.78 is 0. The second kappa shape index (κ2) is 13.8. The summed E-state index contributed by atoms with van der Waals surface area (Å²) in [5, 5.41) is 0. The quantitative estimate of drug-likeness (QED) is 0.131. The molecule has 8 nitrogen and oxygen atoms in total. The number of hydrogen-bond donors (Lipinski definition) is 6. The molecule has 0 rings (SSSR count). The molecule has 0 aromatic rings. The summed E-state index contributed by atoms with van der Waals surface area (Å²) in [5.41, 5.74) is 4.13. The van der Waals surface area contributed by atoms with Crippen molar-refractivity contribution < 1.29 is 9.59 Å². The van der Waals surface area contributed by atoms with Crippen molar-refractivity contribution >= 4 is 11.8 Å². The summed E-state index contributed by atoms with van der Waals surface area (Å²) in [6, 6.07) is 0. The van der Waals surface area contributed by atoms with Crippen molar-refractivity contribution in [1.29, 1.82) is 0 Å². The van der Waals surface area contributed by atoms with E-state index in [0.717, 1.165) is 25.7 Å². The van der Waals surface area contributed by atoms with Gasteiger partial charge in [0.05, 0.1) is 0 Å². The minimum Gasteiger partial charge on any atom is -0.294 e. The van der Waals surface area contributed by atoms with Crippen molar-refractivity contribution in [3.8, 4) is 0 Å². The van der Waals surface area contributed by atoms with E-state index in [9.17, 15) is 9.59 Å². The molecule has 16 heavy (non-hydrogen) atoms. The van der Waals surface area contributed by atoms with Crippen LogP contribution in [0.5, 0.6) is 0 Å². The normalized spacial score (nSPS) is 8.75. The van der Waals surface area contributed by atoms with Gasteiger partial charge >= 0.3 is 0 Å². The minimum absolute atomic E-state index is 0.148. The summed E-state index contributed by atoms with van der Waals surface area (Å²) in [5.74, 6) is 17.5. The maximum atomic E-state index is 10.7. The van der Waals surface area contributed by atoms with Crippen molar-refractivity contribution in [3.63, 3.8) is 0 Å². The molecule has 0 aliphatic heterocycles. The Morgan fingerprint density at radius 1 is 0.750 bits per heavy atom. The molecule has 0 unspecified atom stereocenters. The fourth-order valence-electron chi connectivity index (χ4n) is 1.07. The van der Waals surface area contributed by atoms with Gasteiger partial charge in [-0.2, -0.15) is 0 Å². The van der Waals surface area contributed by atoms with Gasteiger partial charge in [-0.1, -0.05) is 12.8 Å². The minimum atomic E-state index is -0.148. The Morgan fingerprint density at radius 3 is 1.31 bits per heavy atom. The van der Waals surface area contributed by atoms with E-state index in [2.05, 4.69) is 22.5 Å². The van der Waals surface area contributed by atoms with Crippen LogP contribution in [0.25, 0.3) is 0 Å². The first-order chi connectivity index (χ1) is 7.70. The lowest BCUT2D eigenvalue weighted by Gasteiger charge is -2.00. The molecule has 0 heterocycles. The van der Waals surface area contributed by atoms with Crippen molar-refractivity contribution in [2.45, 2.75) is 38.5 Å². The van der Waals surface area contributed by atoms with Gasteiger partial charge in [0.1, 0.15) is 0 Å². The number of rotatable bonds is 7. The van der Waals surface area contributed by atoms with Crippen molar-refractivity contribution in [1.82, 2.24) is 10.9 Å². The third kappa shape index (κ3) is 12.8. The molecule has 0 radical (unpaired) electrons. The molecule has 0 aromatic heterocycles. The van der Waals surface area contributed by atoms with Gasteiger partial charge in [-0.3, -0.25) is 32.1 Å². The summed E-state index contributed by atoms with van der Waals surface area (Å²) >= 11 is 0. The highest BCUT2D eigenvalue weighted by Crippen LogP contribution is 2.04. The zero-order valence-corrected chi connectivity index (χ0v) is 9.37. The van der Waals surface area contributed by atoms with E-state index in [4.69, 9.17) is 11.7 Å². The fourth-order valence-corrected chi connectivity index (χ4v) is 1.07. The van der Waals surface area contributed by atoms with E-state index < -0.39 is 0 Å². The van der Waals surface area contributed by atoms with Gasteiger partial charge in [-0.15, -0.1) is 0 Å². The Kier molecular flexibility index (Phi) is 14.8. The van der Waals surface area contributed by atoms with E-state index in [-0.39, 0.29) is 11.8 Å². The fraction of sp³-hybridized carbons (Fsp3) is 0.750. The Hall–Kier alpha value is -1.22. The molecule has 10 N–H and O–H groups in total. The molecular formula is C8H22N6O2. The van der Waals surface area contributed by atoms with E-state index in [1.54, 1.807) is 0 Å². The lowest BCUT2D eigenvalue weighted by molar-refractivity contribution is -0.122. The Labute approximate surface area is 95.0 Å². The predicted octanol–water partition coefficient (Wildman–Crippen LogP) is -1.87. The monoisotopic (exact) mass is 234 g/mol. The molecule has 0 fully saturated rings. The number of hydrogen-bond acceptors (Lipinski definition) is 6. The van der Waals surface area contributed by atoms with E-state index >= 15 is 0 Å². The van der Waals surface area contributed by atoms with Crippen LogP contribution in [-0.2, 0) is 9.59 Å². The number of unbranched alkanes of at least 4 members (excludes halogenated alkanes) is 3. The van der Waals surface area contributed by atoms with Crippen LogP contribution >= 0.6 is 0 Å². The SMILES string of the molecule is NN.NNC(=O)CCCCCCC(=O)NN. The number of carbonyl (C=O) groups is 2. The Balaban J connectivity index is 0. The zero-order valence-electron chi connectivity index (χ0n) is 9.37. The largest absolute Gasteiger partial charge is 0.294 e. The summed E-state index contributed by atoms with van der Waals surface area (Å²) in [7, 11) is 0. The number of carbonyl (C=O) groups excluding carboxylic acids is 2. The average molecular weight is 234 g/mol. The molecule has 0 spiro atoms. The second-order valence-electron chi connectivity index (χ2n) is 3.05. The number of nitrogens with two attached hydrogens (primary N) is 4. The molecule has 0 aliphatic rings. The first kappa shape index (κ1) is 17.2. The van der Waals surface area contributed by atoms with Gasteiger partial charge in [0, 0.05) is 12.8 Å². The molecule has 2 amide bonds. The molecule has 0 bridgehead atoms. The van der Waals surface area contributed by atoms with Gasteiger partial charge in [0.25, 0.3) is 0 Å². The lowest BCUT2D eigenvalue weighted by Crippen LogP contribution is -2.29. The van der Waals surface area contributed by atoms with Gasteiger partial charge in [0.15, 0.2) is 0 Å². The van der Waals surface area contributed by atoms with Crippen molar-refractivity contribution in [3.05, 3.63) is 0 Å².